The molecule has 0 amide bonds. The minimum atomic E-state index is -1.31. The second kappa shape index (κ2) is 11.6. The number of aliphatic carboxylic acids is 2. The summed E-state index contributed by atoms with van der Waals surface area (Å²) in [6, 6.07) is 0. The van der Waals surface area contributed by atoms with Crippen molar-refractivity contribution in [2.24, 2.45) is 4.99 Å². The minimum absolute atomic E-state index is 0.806. The number of nitrogens with zero attached hydrogens (tertiary/aromatic N) is 1. The Bertz CT molecular complexity index is 171. The molecular formula is C9H17NO4. The van der Waals surface area contributed by atoms with E-state index in [0.717, 1.165) is 6.54 Å². The van der Waals surface area contributed by atoms with E-state index >= 15 is 0 Å². The maximum atomic E-state index is 9.43. The van der Waals surface area contributed by atoms with E-state index in [0.29, 0.717) is 0 Å². The predicted octanol–water partition coefficient (Wildman–Crippen LogP) is 1.42. The van der Waals surface area contributed by atoms with Gasteiger partial charge in [0.25, 0.3) is 0 Å². The molecule has 1 aliphatic rings. The Morgan fingerprint density at radius 2 is 1.79 bits per heavy atom. The van der Waals surface area contributed by atoms with Gasteiger partial charge in [0.1, 0.15) is 6.42 Å². The van der Waals surface area contributed by atoms with Gasteiger partial charge in [-0.1, -0.05) is 13.8 Å². The minimum Gasteiger partial charge on any atom is -0.481 e. The maximum Gasteiger partial charge on any atom is 0.314 e. The fraction of sp³-hybridized carbons (Fsp3) is 0.667. The third kappa shape index (κ3) is 16.9. The topological polar surface area (TPSA) is 87.0 Å². The van der Waals surface area contributed by atoms with E-state index in [-0.39, 0.29) is 0 Å². The van der Waals surface area contributed by atoms with Crippen molar-refractivity contribution in [2.45, 2.75) is 33.1 Å². The summed E-state index contributed by atoms with van der Waals surface area (Å²) in [5, 5.41) is 15.4. The van der Waals surface area contributed by atoms with Crippen molar-refractivity contribution in [3.8, 4) is 0 Å². The zero-order valence-electron chi connectivity index (χ0n) is 8.56. The average molecular weight is 203 g/mol. The van der Waals surface area contributed by atoms with Gasteiger partial charge in [-0.2, -0.15) is 0 Å². The van der Waals surface area contributed by atoms with Crippen molar-refractivity contribution in [1.29, 1.82) is 0 Å². The number of hydrogen-bond acceptors (Lipinski definition) is 3. The lowest BCUT2D eigenvalue weighted by Gasteiger charge is -1.80. The molecular weight excluding hydrogens is 186 g/mol. The summed E-state index contributed by atoms with van der Waals surface area (Å²) >= 11 is 0. The molecule has 0 unspecified atom stereocenters. The first-order valence-corrected chi connectivity index (χ1v) is 4.55. The molecule has 1 rings (SSSR count). The van der Waals surface area contributed by atoms with Crippen LogP contribution in [-0.4, -0.2) is 34.9 Å². The van der Waals surface area contributed by atoms with Crippen molar-refractivity contribution in [3.05, 3.63) is 0 Å². The van der Waals surface area contributed by atoms with Crippen LogP contribution < -0.4 is 0 Å². The summed E-state index contributed by atoms with van der Waals surface area (Å²) in [4.78, 5) is 22.8. The van der Waals surface area contributed by atoms with Crippen molar-refractivity contribution in [3.63, 3.8) is 0 Å². The number of rotatable bonds is 2. The van der Waals surface area contributed by atoms with Gasteiger partial charge in [0, 0.05) is 6.54 Å². The zero-order chi connectivity index (χ0) is 11.4. The quantitative estimate of drug-likeness (QED) is 0.664. The van der Waals surface area contributed by atoms with Crippen LogP contribution in [0, 0.1) is 0 Å². The summed E-state index contributed by atoms with van der Waals surface area (Å²) < 4.78 is 0. The second-order valence-electron chi connectivity index (χ2n) is 2.20. The fourth-order valence-corrected chi connectivity index (χ4v) is 0.586. The van der Waals surface area contributed by atoms with Crippen molar-refractivity contribution in [1.82, 2.24) is 0 Å². The van der Waals surface area contributed by atoms with Gasteiger partial charge in [-0.15, -0.1) is 0 Å². The lowest BCUT2D eigenvalue weighted by atomic mass is 10.4. The van der Waals surface area contributed by atoms with E-state index < -0.39 is 18.4 Å². The normalized spacial score (nSPS) is 11.9. The SMILES string of the molecule is C1=NCCC1.CC.O=C(O)CC(=O)O. The molecule has 0 aromatic heterocycles. The van der Waals surface area contributed by atoms with Gasteiger partial charge in [0.2, 0.25) is 0 Å². The van der Waals surface area contributed by atoms with Crippen molar-refractivity contribution >= 4 is 18.2 Å². The van der Waals surface area contributed by atoms with E-state index in [9.17, 15) is 9.59 Å². The fourth-order valence-electron chi connectivity index (χ4n) is 0.586. The summed E-state index contributed by atoms with van der Waals surface area (Å²) in [6.07, 6.45) is 3.67. The highest BCUT2D eigenvalue weighted by Gasteiger charge is 2.01. The highest BCUT2D eigenvalue weighted by molar-refractivity contribution is 5.88. The molecule has 1 aliphatic heterocycles. The van der Waals surface area contributed by atoms with Gasteiger partial charge in [-0.3, -0.25) is 14.6 Å². The van der Waals surface area contributed by atoms with Crippen LogP contribution in [0.15, 0.2) is 4.99 Å². The van der Waals surface area contributed by atoms with Gasteiger partial charge in [0.05, 0.1) is 0 Å². The molecule has 5 nitrogen and oxygen atoms in total. The molecule has 0 fully saturated rings. The average Bonchev–Trinajstić information content (AvgIpc) is 2.61. The number of carboxylic acids is 2. The van der Waals surface area contributed by atoms with E-state index in [1.54, 1.807) is 0 Å². The monoisotopic (exact) mass is 203 g/mol. The molecule has 2 N–H and O–H groups in total. The molecule has 0 saturated heterocycles. The second-order valence-corrected chi connectivity index (χ2v) is 2.20. The highest BCUT2D eigenvalue weighted by Crippen LogP contribution is 1.92. The smallest absolute Gasteiger partial charge is 0.314 e. The standard InChI is InChI=1S/C4H7N.C3H4O4.C2H6/c1-2-4-5-3-1;4-2(5)1-3(6)7;1-2/h3H,1-2,4H2;1H2,(H,4,5)(H,6,7);1-2H3. The van der Waals surface area contributed by atoms with Crippen LogP contribution in [0.5, 0.6) is 0 Å². The van der Waals surface area contributed by atoms with Crippen molar-refractivity contribution in [2.75, 3.05) is 6.54 Å². The molecule has 0 radical (unpaired) electrons. The number of carboxylic acid groups (broad SMARTS) is 2. The molecule has 0 bridgehead atoms. The predicted molar refractivity (Wildman–Crippen MR) is 53.8 cm³/mol. The van der Waals surface area contributed by atoms with Crippen LogP contribution in [0.1, 0.15) is 33.1 Å². The first kappa shape index (κ1) is 15.1. The van der Waals surface area contributed by atoms with Gasteiger partial charge >= 0.3 is 11.9 Å². The third-order valence-corrected chi connectivity index (χ3v) is 1.05. The lowest BCUT2D eigenvalue weighted by Crippen LogP contribution is -2.03. The number of carbonyl (C=O) groups is 2. The zero-order valence-corrected chi connectivity index (χ0v) is 8.56. The Hall–Kier alpha value is -1.39. The van der Waals surface area contributed by atoms with Crippen LogP contribution in [0.2, 0.25) is 0 Å². The van der Waals surface area contributed by atoms with E-state index in [4.69, 9.17) is 10.2 Å². The Morgan fingerprint density at radius 1 is 1.29 bits per heavy atom. The van der Waals surface area contributed by atoms with Crippen LogP contribution in [-0.2, 0) is 9.59 Å². The largest absolute Gasteiger partial charge is 0.481 e. The van der Waals surface area contributed by atoms with Crippen LogP contribution in [0.25, 0.3) is 0 Å². The third-order valence-electron chi connectivity index (χ3n) is 1.05. The Morgan fingerprint density at radius 3 is 1.86 bits per heavy atom. The molecule has 0 aromatic carbocycles. The molecule has 0 saturated carbocycles. The summed E-state index contributed by atoms with van der Waals surface area (Å²) in [5.74, 6) is -2.62. The van der Waals surface area contributed by atoms with Crippen molar-refractivity contribution < 1.29 is 19.8 Å². The summed E-state index contributed by atoms with van der Waals surface area (Å²) in [5.41, 5.74) is 0. The molecule has 82 valence electrons. The first-order valence-electron chi connectivity index (χ1n) is 4.55. The summed E-state index contributed by atoms with van der Waals surface area (Å²) in [6.45, 7) is 5.07. The molecule has 5 heteroatoms. The van der Waals surface area contributed by atoms with Crippen LogP contribution in [0.4, 0.5) is 0 Å². The Balaban J connectivity index is 0. The molecule has 14 heavy (non-hydrogen) atoms. The van der Waals surface area contributed by atoms with Crippen LogP contribution in [0.3, 0.4) is 0 Å². The molecule has 1 heterocycles. The molecule has 0 spiro atoms. The Kier molecular flexibility index (Phi) is 12.5. The van der Waals surface area contributed by atoms with E-state index in [1.807, 2.05) is 20.1 Å². The van der Waals surface area contributed by atoms with Gasteiger partial charge in [-0.25, -0.2) is 0 Å². The molecule has 0 aliphatic carbocycles. The van der Waals surface area contributed by atoms with Gasteiger partial charge in [0.15, 0.2) is 0 Å². The first-order chi connectivity index (χ1) is 6.63. The van der Waals surface area contributed by atoms with Crippen LogP contribution >= 0.6 is 0 Å². The summed E-state index contributed by atoms with van der Waals surface area (Å²) in [7, 11) is 0. The highest BCUT2D eigenvalue weighted by atomic mass is 16.4. The van der Waals surface area contributed by atoms with E-state index in [2.05, 4.69) is 4.99 Å². The Labute approximate surface area is 83.5 Å². The molecule has 0 aromatic rings. The van der Waals surface area contributed by atoms with Gasteiger partial charge < -0.3 is 10.2 Å². The number of aliphatic imine (C=N–C) groups is 1. The van der Waals surface area contributed by atoms with E-state index in [1.165, 1.54) is 12.8 Å². The van der Waals surface area contributed by atoms with Gasteiger partial charge in [-0.05, 0) is 19.1 Å². The molecule has 0 atom stereocenters. The lowest BCUT2D eigenvalue weighted by molar-refractivity contribution is -0.147. The maximum absolute atomic E-state index is 9.43. The number of hydrogen-bond donors (Lipinski definition) is 2.